The van der Waals surface area contributed by atoms with E-state index in [1.807, 2.05) is 39.1 Å². The van der Waals surface area contributed by atoms with Crippen LogP contribution >= 0.6 is 0 Å². The standard InChI is InChI=1S/C18H27N5O/c1-6-22(7-2)16-9-8-14(10-19-16)11-20-17(24)15-12-21-23(13-15)18(3,4)5/h8-10,12-13H,6-7,11H2,1-5H3,(H,20,24). The topological polar surface area (TPSA) is 63.1 Å². The molecule has 0 bridgehead atoms. The van der Waals surface area contributed by atoms with Gasteiger partial charge in [-0.25, -0.2) is 4.98 Å². The average molecular weight is 329 g/mol. The summed E-state index contributed by atoms with van der Waals surface area (Å²) in [5.41, 5.74) is 1.41. The molecule has 2 aromatic heterocycles. The van der Waals surface area contributed by atoms with Gasteiger partial charge in [-0.1, -0.05) is 6.07 Å². The highest BCUT2D eigenvalue weighted by molar-refractivity contribution is 5.93. The molecular formula is C18H27N5O. The zero-order valence-corrected chi connectivity index (χ0v) is 15.2. The van der Waals surface area contributed by atoms with Crippen LogP contribution in [0.4, 0.5) is 5.82 Å². The molecule has 0 saturated carbocycles. The molecule has 0 aromatic carbocycles. The molecule has 2 heterocycles. The molecule has 2 rings (SSSR count). The number of carbonyl (C=O) groups excluding carboxylic acids is 1. The third kappa shape index (κ3) is 4.34. The van der Waals surface area contributed by atoms with Crippen molar-refractivity contribution in [3.63, 3.8) is 0 Å². The van der Waals surface area contributed by atoms with Gasteiger partial charge >= 0.3 is 0 Å². The van der Waals surface area contributed by atoms with E-state index in [0.717, 1.165) is 24.5 Å². The molecule has 0 atom stereocenters. The lowest BCUT2D eigenvalue weighted by atomic mass is 10.1. The Bertz CT molecular complexity index is 665. The van der Waals surface area contributed by atoms with Gasteiger partial charge in [0.1, 0.15) is 5.82 Å². The summed E-state index contributed by atoms with van der Waals surface area (Å²) in [7, 11) is 0. The lowest BCUT2D eigenvalue weighted by molar-refractivity contribution is 0.0950. The first kappa shape index (κ1) is 18.0. The molecule has 0 radical (unpaired) electrons. The Morgan fingerprint density at radius 1 is 1.21 bits per heavy atom. The average Bonchev–Trinajstić information content (AvgIpc) is 3.05. The van der Waals surface area contributed by atoms with Crippen molar-refractivity contribution in [1.29, 1.82) is 0 Å². The summed E-state index contributed by atoms with van der Waals surface area (Å²) in [4.78, 5) is 18.9. The first-order chi connectivity index (χ1) is 11.3. The molecule has 0 spiro atoms. The number of hydrogen-bond donors (Lipinski definition) is 1. The maximum atomic E-state index is 12.2. The quantitative estimate of drug-likeness (QED) is 0.885. The molecule has 1 amide bonds. The van der Waals surface area contributed by atoms with Gasteiger partial charge in [0.2, 0.25) is 0 Å². The van der Waals surface area contributed by atoms with E-state index in [1.54, 1.807) is 17.1 Å². The molecule has 1 N–H and O–H groups in total. The predicted octanol–water partition coefficient (Wildman–Crippen LogP) is 2.81. The molecule has 0 aliphatic heterocycles. The second-order valence-electron chi connectivity index (χ2n) is 6.72. The normalized spacial score (nSPS) is 11.4. The monoisotopic (exact) mass is 329 g/mol. The van der Waals surface area contributed by atoms with Crippen LogP contribution in [-0.4, -0.2) is 33.8 Å². The fourth-order valence-corrected chi connectivity index (χ4v) is 2.35. The van der Waals surface area contributed by atoms with Crippen LogP contribution in [0, 0.1) is 0 Å². The molecule has 2 aromatic rings. The second kappa shape index (κ2) is 7.47. The van der Waals surface area contributed by atoms with Gasteiger partial charge < -0.3 is 10.2 Å². The Kier molecular flexibility index (Phi) is 5.59. The Morgan fingerprint density at radius 3 is 2.42 bits per heavy atom. The summed E-state index contributed by atoms with van der Waals surface area (Å²) < 4.78 is 1.79. The first-order valence-electron chi connectivity index (χ1n) is 8.38. The molecule has 0 fully saturated rings. The van der Waals surface area contributed by atoms with Gasteiger partial charge in [0.15, 0.2) is 0 Å². The summed E-state index contributed by atoms with van der Waals surface area (Å²) in [5.74, 6) is 0.833. The van der Waals surface area contributed by atoms with E-state index in [1.165, 1.54) is 0 Å². The molecule has 130 valence electrons. The molecule has 0 aliphatic rings. The Labute approximate surface area is 143 Å². The Morgan fingerprint density at radius 2 is 1.92 bits per heavy atom. The van der Waals surface area contributed by atoms with Gasteiger partial charge in [-0.05, 0) is 46.2 Å². The summed E-state index contributed by atoms with van der Waals surface area (Å²) in [6.45, 7) is 12.7. The van der Waals surface area contributed by atoms with Crippen molar-refractivity contribution in [2.24, 2.45) is 0 Å². The number of pyridine rings is 1. The van der Waals surface area contributed by atoms with E-state index in [0.29, 0.717) is 12.1 Å². The van der Waals surface area contributed by atoms with E-state index in [2.05, 4.69) is 34.1 Å². The van der Waals surface area contributed by atoms with Gasteiger partial charge in [0.05, 0.1) is 17.3 Å². The Balaban J connectivity index is 1.95. The lowest BCUT2D eigenvalue weighted by Gasteiger charge is -2.19. The minimum absolute atomic E-state index is 0.127. The van der Waals surface area contributed by atoms with Crippen LogP contribution in [0.2, 0.25) is 0 Å². The van der Waals surface area contributed by atoms with E-state index in [9.17, 15) is 4.79 Å². The van der Waals surface area contributed by atoms with Crippen LogP contribution in [0.25, 0.3) is 0 Å². The summed E-state index contributed by atoms with van der Waals surface area (Å²) >= 11 is 0. The lowest BCUT2D eigenvalue weighted by Crippen LogP contribution is -2.24. The maximum absolute atomic E-state index is 12.2. The van der Waals surface area contributed by atoms with Crippen LogP contribution in [0.1, 0.15) is 50.5 Å². The minimum Gasteiger partial charge on any atom is -0.357 e. The molecule has 0 unspecified atom stereocenters. The first-order valence-corrected chi connectivity index (χ1v) is 8.38. The van der Waals surface area contributed by atoms with Crippen LogP contribution in [0.15, 0.2) is 30.7 Å². The third-order valence-electron chi connectivity index (χ3n) is 3.88. The van der Waals surface area contributed by atoms with Crippen LogP contribution in [0.5, 0.6) is 0 Å². The van der Waals surface area contributed by atoms with Crippen LogP contribution in [0.3, 0.4) is 0 Å². The number of aromatic nitrogens is 3. The van der Waals surface area contributed by atoms with E-state index in [-0.39, 0.29) is 11.4 Å². The SMILES string of the molecule is CCN(CC)c1ccc(CNC(=O)c2cnn(C(C)(C)C)c2)cn1. The fraction of sp³-hybridized carbons (Fsp3) is 0.500. The highest BCUT2D eigenvalue weighted by Crippen LogP contribution is 2.14. The highest BCUT2D eigenvalue weighted by Gasteiger charge is 2.16. The number of rotatable bonds is 6. The van der Waals surface area contributed by atoms with E-state index >= 15 is 0 Å². The maximum Gasteiger partial charge on any atom is 0.254 e. The third-order valence-corrected chi connectivity index (χ3v) is 3.88. The number of nitrogens with zero attached hydrogens (tertiary/aromatic N) is 4. The Hall–Kier alpha value is -2.37. The molecule has 0 saturated heterocycles. The largest absolute Gasteiger partial charge is 0.357 e. The summed E-state index contributed by atoms with van der Waals surface area (Å²) in [6, 6.07) is 3.99. The van der Waals surface area contributed by atoms with Crippen molar-refractivity contribution in [1.82, 2.24) is 20.1 Å². The van der Waals surface area contributed by atoms with Crippen molar-refractivity contribution in [2.75, 3.05) is 18.0 Å². The molecule has 0 aliphatic carbocycles. The van der Waals surface area contributed by atoms with Gasteiger partial charge in [-0.3, -0.25) is 9.48 Å². The van der Waals surface area contributed by atoms with Crippen LogP contribution < -0.4 is 10.2 Å². The minimum atomic E-state index is -0.136. The van der Waals surface area contributed by atoms with E-state index in [4.69, 9.17) is 0 Å². The second-order valence-corrected chi connectivity index (χ2v) is 6.72. The zero-order chi connectivity index (χ0) is 17.7. The van der Waals surface area contributed by atoms with Crippen molar-refractivity contribution in [3.8, 4) is 0 Å². The van der Waals surface area contributed by atoms with E-state index < -0.39 is 0 Å². The van der Waals surface area contributed by atoms with Crippen molar-refractivity contribution in [2.45, 2.75) is 46.7 Å². The van der Waals surface area contributed by atoms with Gasteiger partial charge in [0, 0.05) is 32.0 Å². The number of anilines is 1. The van der Waals surface area contributed by atoms with Gasteiger partial charge in [0.25, 0.3) is 5.91 Å². The predicted molar refractivity (Wildman–Crippen MR) is 96.2 cm³/mol. The fourth-order valence-electron chi connectivity index (χ4n) is 2.35. The number of amides is 1. The summed E-state index contributed by atoms with van der Waals surface area (Å²) in [5, 5.41) is 7.16. The molecule has 6 nitrogen and oxygen atoms in total. The number of nitrogens with one attached hydrogen (secondary N) is 1. The molecular weight excluding hydrogens is 302 g/mol. The van der Waals surface area contributed by atoms with Gasteiger partial charge in [-0.15, -0.1) is 0 Å². The number of carbonyl (C=O) groups is 1. The summed E-state index contributed by atoms with van der Waals surface area (Å²) in [6.07, 6.45) is 5.19. The van der Waals surface area contributed by atoms with Crippen molar-refractivity contribution >= 4 is 11.7 Å². The van der Waals surface area contributed by atoms with Crippen LogP contribution in [-0.2, 0) is 12.1 Å². The van der Waals surface area contributed by atoms with Crippen molar-refractivity contribution in [3.05, 3.63) is 41.9 Å². The smallest absolute Gasteiger partial charge is 0.254 e. The van der Waals surface area contributed by atoms with Gasteiger partial charge in [-0.2, -0.15) is 5.10 Å². The zero-order valence-electron chi connectivity index (χ0n) is 15.2. The van der Waals surface area contributed by atoms with Crippen molar-refractivity contribution < 1.29 is 4.79 Å². The molecule has 24 heavy (non-hydrogen) atoms. The number of hydrogen-bond acceptors (Lipinski definition) is 4. The highest BCUT2D eigenvalue weighted by atomic mass is 16.1. The molecule has 6 heteroatoms.